The van der Waals surface area contributed by atoms with Crippen molar-refractivity contribution in [2.45, 2.75) is 6.54 Å². The van der Waals surface area contributed by atoms with Crippen LogP contribution in [-0.2, 0) is 6.54 Å². The van der Waals surface area contributed by atoms with Crippen molar-refractivity contribution in [2.24, 2.45) is 0 Å². The highest BCUT2D eigenvalue weighted by Gasteiger charge is 2.08. The number of amides is 2. The average molecular weight is 287 g/mol. The topological polar surface area (TPSA) is 64.9 Å². The lowest BCUT2D eigenvalue weighted by Crippen LogP contribution is -2.28. The van der Waals surface area contributed by atoms with E-state index >= 15 is 0 Å². The van der Waals surface area contributed by atoms with Gasteiger partial charge in [-0.05, 0) is 30.3 Å². The maximum Gasteiger partial charge on any atom is 0.319 e. The Labute approximate surface area is 120 Å². The molecular weight excluding hydrogens is 276 g/mol. The van der Waals surface area contributed by atoms with Gasteiger partial charge in [0.15, 0.2) is 0 Å². The van der Waals surface area contributed by atoms with Gasteiger partial charge in [0.1, 0.15) is 17.7 Å². The smallest absolute Gasteiger partial charge is 0.319 e. The molecule has 106 valence electrons. The monoisotopic (exact) mass is 287 g/mol. The van der Waals surface area contributed by atoms with Gasteiger partial charge >= 0.3 is 6.03 Å². The summed E-state index contributed by atoms with van der Waals surface area (Å²) in [7, 11) is 0. The van der Waals surface area contributed by atoms with Gasteiger partial charge in [0.05, 0.1) is 11.3 Å². The van der Waals surface area contributed by atoms with Crippen LogP contribution < -0.4 is 10.6 Å². The van der Waals surface area contributed by atoms with Crippen molar-refractivity contribution in [3.63, 3.8) is 0 Å². The van der Waals surface area contributed by atoms with E-state index in [4.69, 9.17) is 5.26 Å². The molecule has 4 nitrogen and oxygen atoms in total. The van der Waals surface area contributed by atoms with Crippen molar-refractivity contribution < 1.29 is 13.6 Å². The summed E-state index contributed by atoms with van der Waals surface area (Å²) >= 11 is 0. The summed E-state index contributed by atoms with van der Waals surface area (Å²) in [5, 5.41) is 13.8. The summed E-state index contributed by atoms with van der Waals surface area (Å²) in [6, 6.07) is 10.8. The first-order valence-corrected chi connectivity index (χ1v) is 6.08. The maximum atomic E-state index is 13.4. The molecule has 2 N–H and O–H groups in total. The van der Waals surface area contributed by atoms with Gasteiger partial charge in [-0.15, -0.1) is 0 Å². The number of benzene rings is 2. The number of nitriles is 1. The van der Waals surface area contributed by atoms with Gasteiger partial charge in [-0.1, -0.05) is 12.1 Å². The lowest BCUT2D eigenvalue weighted by molar-refractivity contribution is 0.251. The van der Waals surface area contributed by atoms with Crippen LogP contribution in [0, 0.1) is 23.0 Å². The van der Waals surface area contributed by atoms with Crippen LogP contribution in [0.1, 0.15) is 11.1 Å². The maximum absolute atomic E-state index is 13.4. The van der Waals surface area contributed by atoms with E-state index < -0.39 is 17.7 Å². The molecule has 0 bridgehead atoms. The zero-order chi connectivity index (χ0) is 15.2. The van der Waals surface area contributed by atoms with Gasteiger partial charge in [-0.3, -0.25) is 0 Å². The predicted molar refractivity (Wildman–Crippen MR) is 73.4 cm³/mol. The zero-order valence-corrected chi connectivity index (χ0v) is 10.9. The fourth-order valence-corrected chi connectivity index (χ4v) is 1.71. The quantitative estimate of drug-likeness (QED) is 0.910. The largest absolute Gasteiger partial charge is 0.334 e. The molecule has 0 aliphatic carbocycles. The first-order chi connectivity index (χ1) is 10.1. The Morgan fingerprint density at radius 1 is 1.19 bits per heavy atom. The molecule has 0 fully saturated rings. The summed E-state index contributed by atoms with van der Waals surface area (Å²) in [5.74, 6) is -1.18. The molecule has 2 aromatic rings. The Morgan fingerprint density at radius 2 is 1.95 bits per heavy atom. The van der Waals surface area contributed by atoms with Crippen LogP contribution in [0.15, 0.2) is 42.5 Å². The van der Waals surface area contributed by atoms with Crippen molar-refractivity contribution in [1.29, 1.82) is 5.26 Å². The van der Waals surface area contributed by atoms with Crippen LogP contribution in [0.4, 0.5) is 19.3 Å². The first-order valence-electron chi connectivity index (χ1n) is 6.08. The molecule has 0 aliphatic rings. The minimum Gasteiger partial charge on any atom is -0.334 e. The second kappa shape index (κ2) is 6.48. The van der Waals surface area contributed by atoms with E-state index in [0.29, 0.717) is 11.3 Å². The van der Waals surface area contributed by atoms with E-state index in [9.17, 15) is 13.6 Å². The number of carbonyl (C=O) groups excluding carboxylic acids is 1. The molecule has 0 aromatic heterocycles. The third kappa shape index (κ3) is 3.76. The Balaban J connectivity index is 2.00. The number of nitrogens with one attached hydrogen (secondary N) is 2. The fraction of sp³-hybridized carbons (Fsp3) is 0.0667. The summed E-state index contributed by atoms with van der Waals surface area (Å²) in [6.07, 6.45) is 0. The molecule has 0 aliphatic heterocycles. The van der Waals surface area contributed by atoms with Crippen molar-refractivity contribution in [3.05, 3.63) is 65.2 Å². The molecule has 0 saturated heterocycles. The van der Waals surface area contributed by atoms with E-state index in [0.717, 1.165) is 18.2 Å². The minimum absolute atomic E-state index is 0.0405. The predicted octanol–water partition coefficient (Wildman–Crippen LogP) is 3.16. The van der Waals surface area contributed by atoms with E-state index in [1.54, 1.807) is 24.3 Å². The highest BCUT2D eigenvalue weighted by Crippen LogP contribution is 2.13. The average Bonchev–Trinajstić information content (AvgIpc) is 2.49. The van der Waals surface area contributed by atoms with Gasteiger partial charge in [-0.25, -0.2) is 13.6 Å². The van der Waals surface area contributed by atoms with Crippen molar-refractivity contribution in [1.82, 2.24) is 5.32 Å². The number of halogens is 2. The van der Waals surface area contributed by atoms with Crippen LogP contribution in [0.2, 0.25) is 0 Å². The van der Waals surface area contributed by atoms with Crippen molar-refractivity contribution >= 4 is 11.7 Å². The summed E-state index contributed by atoms with van der Waals surface area (Å²) in [5.41, 5.74) is 0.695. The van der Waals surface area contributed by atoms with E-state index in [2.05, 4.69) is 10.6 Å². The Kier molecular flexibility index (Phi) is 4.46. The lowest BCUT2D eigenvalue weighted by atomic mass is 10.2. The Bertz CT molecular complexity index is 710. The number of nitrogens with zero attached hydrogens (tertiary/aromatic N) is 1. The summed E-state index contributed by atoms with van der Waals surface area (Å²) in [6.45, 7) is -0.163. The van der Waals surface area contributed by atoms with Crippen molar-refractivity contribution in [2.75, 3.05) is 5.32 Å². The number of hydrogen-bond acceptors (Lipinski definition) is 2. The van der Waals surface area contributed by atoms with Gasteiger partial charge < -0.3 is 10.6 Å². The molecule has 2 amide bonds. The molecule has 2 aromatic carbocycles. The molecule has 0 heterocycles. The first kappa shape index (κ1) is 14.5. The Morgan fingerprint density at radius 3 is 2.71 bits per heavy atom. The van der Waals surface area contributed by atoms with Gasteiger partial charge in [0.2, 0.25) is 0 Å². The van der Waals surface area contributed by atoms with Crippen LogP contribution in [0.5, 0.6) is 0 Å². The van der Waals surface area contributed by atoms with Gasteiger partial charge in [0.25, 0.3) is 0 Å². The van der Waals surface area contributed by atoms with E-state index in [-0.39, 0.29) is 12.1 Å². The summed E-state index contributed by atoms with van der Waals surface area (Å²) in [4.78, 5) is 11.7. The van der Waals surface area contributed by atoms with Gasteiger partial charge in [0, 0.05) is 12.1 Å². The number of urea groups is 1. The molecular formula is C15H11F2N3O. The third-order valence-electron chi connectivity index (χ3n) is 2.74. The van der Waals surface area contributed by atoms with E-state index in [1.165, 1.54) is 0 Å². The van der Waals surface area contributed by atoms with Crippen LogP contribution in [0.3, 0.4) is 0 Å². The molecule has 0 spiro atoms. The molecule has 0 saturated carbocycles. The molecule has 0 unspecified atom stereocenters. The number of para-hydroxylation sites is 1. The standard InChI is InChI=1S/C15H11F2N3O/c16-12-5-6-13(17)11(7-12)9-19-15(21)20-14-4-2-1-3-10(14)8-18/h1-7H,9H2,(H2,19,20,21). The number of anilines is 1. The summed E-state index contributed by atoms with van der Waals surface area (Å²) < 4.78 is 26.4. The zero-order valence-electron chi connectivity index (χ0n) is 10.9. The molecule has 21 heavy (non-hydrogen) atoms. The third-order valence-corrected chi connectivity index (χ3v) is 2.74. The van der Waals surface area contributed by atoms with Gasteiger partial charge in [-0.2, -0.15) is 5.26 Å². The fourth-order valence-electron chi connectivity index (χ4n) is 1.71. The SMILES string of the molecule is N#Cc1ccccc1NC(=O)NCc1cc(F)ccc1F. The molecule has 0 atom stereocenters. The highest BCUT2D eigenvalue weighted by molar-refractivity contribution is 5.90. The number of hydrogen-bond donors (Lipinski definition) is 2. The van der Waals surface area contributed by atoms with Crippen LogP contribution >= 0.6 is 0 Å². The minimum atomic E-state index is -0.610. The number of carbonyl (C=O) groups is 1. The van der Waals surface area contributed by atoms with Crippen LogP contribution in [0.25, 0.3) is 0 Å². The molecule has 6 heteroatoms. The second-order valence-electron chi connectivity index (χ2n) is 4.20. The highest BCUT2D eigenvalue weighted by atomic mass is 19.1. The lowest BCUT2D eigenvalue weighted by Gasteiger charge is -2.09. The number of rotatable bonds is 3. The normalized spacial score (nSPS) is 9.76. The molecule has 0 radical (unpaired) electrons. The Hall–Kier alpha value is -2.94. The van der Waals surface area contributed by atoms with Crippen molar-refractivity contribution in [3.8, 4) is 6.07 Å². The van der Waals surface area contributed by atoms with E-state index in [1.807, 2.05) is 6.07 Å². The van der Waals surface area contributed by atoms with Crippen LogP contribution in [-0.4, -0.2) is 6.03 Å². The molecule has 2 rings (SSSR count). The second-order valence-corrected chi connectivity index (χ2v) is 4.20.